The van der Waals surface area contributed by atoms with Crippen molar-refractivity contribution < 1.29 is 18.7 Å². The molecule has 29 heavy (non-hydrogen) atoms. The van der Waals surface area contributed by atoms with E-state index in [2.05, 4.69) is 10.2 Å². The smallest absolute Gasteiger partial charge is 0.226 e. The number of benzene rings is 1. The minimum Gasteiger partial charge on any atom is -0.502 e. The fraction of sp³-hybridized carbons (Fsp3) is 0.150. The Morgan fingerprint density at radius 3 is 2.79 bits per heavy atom. The largest absolute Gasteiger partial charge is 0.502 e. The molecule has 0 amide bonds. The summed E-state index contributed by atoms with van der Waals surface area (Å²) < 4.78 is 18.0. The van der Waals surface area contributed by atoms with Gasteiger partial charge in [-0.25, -0.2) is 0 Å². The summed E-state index contributed by atoms with van der Waals surface area (Å²) in [5, 5.41) is 18.6. The molecule has 3 aromatic heterocycles. The standard InChI is InChI=1S/C20H17N3O5S/c1-26-14-5-2-4-13(8-14)19-21-22-20(23(19)10-15-6-3-7-27-15)29-12-16-9-17(24)18(25)11-28-16/h2-9,11,25H,10,12H2,1H3. The van der Waals surface area contributed by atoms with E-state index in [0.29, 0.717) is 29.0 Å². The van der Waals surface area contributed by atoms with Gasteiger partial charge >= 0.3 is 0 Å². The van der Waals surface area contributed by atoms with Gasteiger partial charge in [-0.15, -0.1) is 10.2 Å². The lowest BCUT2D eigenvalue weighted by atomic mass is 10.2. The van der Waals surface area contributed by atoms with Crippen molar-refractivity contribution in [3.63, 3.8) is 0 Å². The highest BCUT2D eigenvalue weighted by Crippen LogP contribution is 2.29. The second-order valence-corrected chi connectivity index (χ2v) is 7.03. The highest BCUT2D eigenvalue weighted by molar-refractivity contribution is 7.98. The van der Waals surface area contributed by atoms with Crippen molar-refractivity contribution in [1.82, 2.24) is 14.8 Å². The van der Waals surface area contributed by atoms with Gasteiger partial charge in [0.15, 0.2) is 16.7 Å². The van der Waals surface area contributed by atoms with Crippen LogP contribution in [0.3, 0.4) is 0 Å². The zero-order valence-electron chi connectivity index (χ0n) is 15.4. The number of hydrogen-bond acceptors (Lipinski definition) is 8. The molecule has 0 unspecified atom stereocenters. The van der Waals surface area contributed by atoms with Gasteiger partial charge in [0.2, 0.25) is 5.43 Å². The molecule has 0 saturated heterocycles. The van der Waals surface area contributed by atoms with E-state index in [9.17, 15) is 9.90 Å². The van der Waals surface area contributed by atoms with Crippen molar-refractivity contribution in [3.8, 4) is 22.9 Å². The van der Waals surface area contributed by atoms with Gasteiger partial charge in [0.05, 0.1) is 25.7 Å². The zero-order chi connectivity index (χ0) is 20.2. The molecule has 0 bridgehead atoms. The first-order chi connectivity index (χ1) is 14.1. The Morgan fingerprint density at radius 1 is 1.14 bits per heavy atom. The summed E-state index contributed by atoms with van der Waals surface area (Å²) in [6, 6.07) is 12.5. The second-order valence-electron chi connectivity index (χ2n) is 6.09. The third kappa shape index (κ3) is 4.19. The van der Waals surface area contributed by atoms with Crippen LogP contribution in [0.15, 0.2) is 73.8 Å². The predicted molar refractivity (Wildman–Crippen MR) is 106 cm³/mol. The fourth-order valence-corrected chi connectivity index (χ4v) is 3.56. The van der Waals surface area contributed by atoms with Crippen LogP contribution in [0.2, 0.25) is 0 Å². The Morgan fingerprint density at radius 2 is 2.03 bits per heavy atom. The molecule has 4 rings (SSSR count). The number of aromatic nitrogens is 3. The van der Waals surface area contributed by atoms with E-state index < -0.39 is 11.2 Å². The topological polar surface area (TPSA) is 104 Å². The maximum atomic E-state index is 11.6. The highest BCUT2D eigenvalue weighted by atomic mass is 32.2. The van der Waals surface area contributed by atoms with Gasteiger partial charge < -0.3 is 18.7 Å². The maximum absolute atomic E-state index is 11.6. The molecule has 0 aliphatic carbocycles. The first-order valence-electron chi connectivity index (χ1n) is 8.67. The predicted octanol–water partition coefficient (Wildman–Crippen LogP) is 3.55. The van der Waals surface area contributed by atoms with Gasteiger partial charge in [-0.1, -0.05) is 23.9 Å². The van der Waals surface area contributed by atoms with Gasteiger partial charge in [0, 0.05) is 11.6 Å². The SMILES string of the molecule is COc1cccc(-c2nnc(SCc3cc(=O)c(O)co3)n2Cc2ccco2)c1. The van der Waals surface area contributed by atoms with Gasteiger partial charge in [0.1, 0.15) is 23.5 Å². The Bertz CT molecular complexity index is 1170. The second kappa shape index (κ2) is 8.27. The van der Waals surface area contributed by atoms with E-state index in [1.54, 1.807) is 13.4 Å². The number of nitrogens with zero attached hydrogens (tertiary/aromatic N) is 3. The molecule has 0 spiro atoms. The van der Waals surface area contributed by atoms with Crippen LogP contribution in [0.5, 0.6) is 11.5 Å². The van der Waals surface area contributed by atoms with E-state index in [1.165, 1.54) is 17.8 Å². The first-order valence-corrected chi connectivity index (χ1v) is 9.66. The van der Waals surface area contributed by atoms with Gasteiger partial charge in [-0.2, -0.15) is 0 Å². The lowest BCUT2D eigenvalue weighted by Crippen LogP contribution is -2.04. The minimum atomic E-state index is -0.485. The molecule has 9 heteroatoms. The van der Waals surface area contributed by atoms with Crippen molar-refractivity contribution in [2.24, 2.45) is 0 Å². The molecule has 3 heterocycles. The minimum absolute atomic E-state index is 0.351. The molecule has 0 saturated carbocycles. The van der Waals surface area contributed by atoms with Crippen molar-refractivity contribution in [1.29, 1.82) is 0 Å². The van der Waals surface area contributed by atoms with Crippen LogP contribution in [0, 0.1) is 0 Å². The van der Waals surface area contributed by atoms with E-state index in [4.69, 9.17) is 13.6 Å². The zero-order valence-corrected chi connectivity index (χ0v) is 16.3. The van der Waals surface area contributed by atoms with Crippen LogP contribution in [-0.2, 0) is 12.3 Å². The van der Waals surface area contributed by atoms with E-state index in [1.807, 2.05) is 41.0 Å². The van der Waals surface area contributed by atoms with Crippen LogP contribution in [0.25, 0.3) is 11.4 Å². The molecular formula is C20H17N3O5S. The molecule has 0 aliphatic heterocycles. The van der Waals surface area contributed by atoms with Crippen LogP contribution in [0.1, 0.15) is 11.5 Å². The normalized spacial score (nSPS) is 10.9. The third-order valence-corrected chi connectivity index (χ3v) is 5.14. The van der Waals surface area contributed by atoms with Crippen molar-refractivity contribution in [3.05, 3.63) is 76.7 Å². The molecule has 8 nitrogen and oxygen atoms in total. The van der Waals surface area contributed by atoms with Crippen LogP contribution >= 0.6 is 11.8 Å². The summed E-state index contributed by atoms with van der Waals surface area (Å²) in [5.74, 6) is 2.49. The number of hydrogen-bond donors (Lipinski definition) is 1. The summed E-state index contributed by atoms with van der Waals surface area (Å²) >= 11 is 1.36. The lowest BCUT2D eigenvalue weighted by Gasteiger charge is -2.09. The van der Waals surface area contributed by atoms with E-state index in [0.717, 1.165) is 23.3 Å². The molecule has 4 aromatic rings. The number of aromatic hydroxyl groups is 1. The molecule has 0 aliphatic rings. The molecule has 148 valence electrons. The Hall–Kier alpha value is -3.46. The quantitative estimate of drug-likeness (QED) is 0.461. The number of furan rings is 1. The van der Waals surface area contributed by atoms with Crippen molar-refractivity contribution in [2.45, 2.75) is 17.5 Å². The average Bonchev–Trinajstić information content (AvgIpc) is 3.39. The van der Waals surface area contributed by atoms with Crippen LogP contribution in [0.4, 0.5) is 0 Å². The Labute approximate surface area is 169 Å². The maximum Gasteiger partial charge on any atom is 0.226 e. The highest BCUT2D eigenvalue weighted by Gasteiger charge is 2.17. The Kier molecular flexibility index (Phi) is 5.39. The monoisotopic (exact) mass is 411 g/mol. The summed E-state index contributed by atoms with van der Waals surface area (Å²) in [5.41, 5.74) is 0.368. The average molecular weight is 411 g/mol. The van der Waals surface area contributed by atoms with Gasteiger partial charge in [0.25, 0.3) is 0 Å². The molecular weight excluding hydrogens is 394 g/mol. The first kappa shape index (κ1) is 18.9. The Balaban J connectivity index is 1.66. The number of methoxy groups -OCH3 is 1. The summed E-state index contributed by atoms with van der Waals surface area (Å²) in [4.78, 5) is 11.6. The fourth-order valence-electron chi connectivity index (χ4n) is 2.73. The van der Waals surface area contributed by atoms with Crippen LogP contribution < -0.4 is 10.2 Å². The molecule has 0 atom stereocenters. The van der Waals surface area contributed by atoms with E-state index >= 15 is 0 Å². The van der Waals surface area contributed by atoms with Crippen LogP contribution in [-0.4, -0.2) is 27.0 Å². The summed E-state index contributed by atoms with van der Waals surface area (Å²) in [6.07, 6.45) is 2.65. The molecule has 1 aromatic carbocycles. The molecule has 1 N–H and O–H groups in total. The summed E-state index contributed by atoms with van der Waals surface area (Å²) in [7, 11) is 1.61. The summed E-state index contributed by atoms with van der Waals surface area (Å²) in [6.45, 7) is 0.439. The van der Waals surface area contributed by atoms with Crippen molar-refractivity contribution >= 4 is 11.8 Å². The third-order valence-electron chi connectivity index (χ3n) is 4.15. The number of rotatable bonds is 7. The van der Waals surface area contributed by atoms with E-state index in [-0.39, 0.29) is 0 Å². The number of ether oxygens (including phenoxy) is 1. The molecule has 0 fully saturated rings. The van der Waals surface area contributed by atoms with Gasteiger partial charge in [-0.3, -0.25) is 9.36 Å². The lowest BCUT2D eigenvalue weighted by molar-refractivity contribution is 0.415. The molecule has 0 radical (unpaired) electrons. The van der Waals surface area contributed by atoms with Crippen molar-refractivity contribution in [2.75, 3.05) is 7.11 Å². The van der Waals surface area contributed by atoms with Gasteiger partial charge in [-0.05, 0) is 24.3 Å². The number of thioether (sulfide) groups is 1.